The lowest BCUT2D eigenvalue weighted by Crippen LogP contribution is -2.38. The molecular formula is C14H22N4O2. The summed E-state index contributed by atoms with van der Waals surface area (Å²) in [5.74, 6) is -0.697. The van der Waals surface area contributed by atoms with E-state index < -0.39 is 5.97 Å². The van der Waals surface area contributed by atoms with Gasteiger partial charge in [0.1, 0.15) is 0 Å². The highest BCUT2D eigenvalue weighted by atomic mass is 16.4. The highest BCUT2D eigenvalue weighted by molar-refractivity contribution is 5.90. The van der Waals surface area contributed by atoms with Gasteiger partial charge in [0.05, 0.1) is 0 Å². The second kappa shape index (κ2) is 7.19. The molecule has 0 saturated carbocycles. The monoisotopic (exact) mass is 278 g/mol. The maximum absolute atomic E-state index is 11.0. The molecule has 2 heterocycles. The zero-order valence-corrected chi connectivity index (χ0v) is 11.9. The predicted octanol–water partition coefficient (Wildman–Crippen LogP) is 1.85. The largest absolute Gasteiger partial charge is 0.476 e. The highest BCUT2D eigenvalue weighted by Crippen LogP contribution is 2.16. The van der Waals surface area contributed by atoms with E-state index in [1.54, 1.807) is 0 Å². The third kappa shape index (κ3) is 3.90. The molecule has 0 radical (unpaired) electrons. The molecule has 20 heavy (non-hydrogen) atoms. The van der Waals surface area contributed by atoms with Gasteiger partial charge >= 0.3 is 5.97 Å². The Morgan fingerprint density at radius 2 is 2.25 bits per heavy atom. The Labute approximate surface area is 119 Å². The van der Waals surface area contributed by atoms with E-state index in [0.717, 1.165) is 13.0 Å². The summed E-state index contributed by atoms with van der Waals surface area (Å²) in [5.41, 5.74) is -0.0150. The van der Waals surface area contributed by atoms with Gasteiger partial charge in [0.2, 0.25) is 0 Å². The Bertz CT molecular complexity index is 453. The number of carboxylic acid groups (broad SMARTS) is 1. The van der Waals surface area contributed by atoms with E-state index in [0.29, 0.717) is 18.4 Å². The molecule has 110 valence electrons. The van der Waals surface area contributed by atoms with Crippen LogP contribution >= 0.6 is 0 Å². The third-order valence-electron chi connectivity index (χ3n) is 3.76. The van der Waals surface area contributed by atoms with Gasteiger partial charge in [-0.1, -0.05) is 6.42 Å². The second-order valence-electron chi connectivity index (χ2n) is 5.22. The molecule has 1 aromatic heterocycles. The van der Waals surface area contributed by atoms with E-state index in [2.05, 4.69) is 27.1 Å². The van der Waals surface area contributed by atoms with Crippen LogP contribution in [-0.2, 0) is 0 Å². The first-order chi connectivity index (χ1) is 9.68. The summed E-state index contributed by atoms with van der Waals surface area (Å²) in [6.45, 7) is 5.20. The number of hydrogen-bond donors (Lipinski definition) is 2. The first kappa shape index (κ1) is 14.7. The summed E-state index contributed by atoms with van der Waals surface area (Å²) in [4.78, 5) is 21.3. The summed E-state index contributed by atoms with van der Waals surface area (Å²) >= 11 is 0. The molecule has 1 aliphatic rings. The van der Waals surface area contributed by atoms with E-state index in [4.69, 9.17) is 5.11 Å². The fraction of sp³-hybridized carbons (Fsp3) is 0.643. The molecule has 1 unspecified atom stereocenters. The van der Waals surface area contributed by atoms with E-state index >= 15 is 0 Å². The molecular weight excluding hydrogens is 256 g/mol. The van der Waals surface area contributed by atoms with E-state index in [-0.39, 0.29) is 5.69 Å². The minimum Gasteiger partial charge on any atom is -0.476 e. The molecule has 0 aromatic carbocycles. The van der Waals surface area contributed by atoms with Crippen LogP contribution in [0.15, 0.2) is 12.4 Å². The molecule has 0 amide bonds. The second-order valence-corrected chi connectivity index (χ2v) is 5.22. The van der Waals surface area contributed by atoms with Crippen LogP contribution in [0.5, 0.6) is 0 Å². The molecule has 1 fully saturated rings. The van der Waals surface area contributed by atoms with Crippen molar-refractivity contribution in [2.24, 2.45) is 0 Å². The molecule has 1 saturated heterocycles. The van der Waals surface area contributed by atoms with Crippen LogP contribution in [0.1, 0.15) is 43.1 Å². The van der Waals surface area contributed by atoms with Crippen molar-refractivity contribution in [3.8, 4) is 0 Å². The van der Waals surface area contributed by atoms with Crippen LogP contribution in [0, 0.1) is 0 Å². The molecule has 2 rings (SSSR count). The number of aromatic nitrogens is 2. The molecule has 0 spiro atoms. The van der Waals surface area contributed by atoms with Crippen LogP contribution in [0.2, 0.25) is 0 Å². The summed E-state index contributed by atoms with van der Waals surface area (Å²) in [5, 5.41) is 12.1. The van der Waals surface area contributed by atoms with E-state index in [1.807, 2.05) is 0 Å². The summed E-state index contributed by atoms with van der Waals surface area (Å²) < 4.78 is 0. The maximum atomic E-state index is 11.0. The van der Waals surface area contributed by atoms with Crippen molar-refractivity contribution in [2.75, 3.05) is 25.0 Å². The highest BCUT2D eigenvalue weighted by Gasteiger charge is 2.17. The minimum atomic E-state index is -1.05. The molecule has 2 N–H and O–H groups in total. The average Bonchev–Trinajstić information content (AvgIpc) is 2.45. The number of carboxylic acids is 1. The predicted molar refractivity (Wildman–Crippen MR) is 77.0 cm³/mol. The molecule has 0 aliphatic carbocycles. The van der Waals surface area contributed by atoms with E-state index in [9.17, 15) is 4.79 Å². The van der Waals surface area contributed by atoms with Crippen molar-refractivity contribution >= 4 is 11.8 Å². The molecule has 1 atom stereocenters. The van der Waals surface area contributed by atoms with Gasteiger partial charge in [-0.15, -0.1) is 0 Å². The van der Waals surface area contributed by atoms with Crippen LogP contribution in [0.4, 0.5) is 5.82 Å². The number of hydrogen-bond acceptors (Lipinski definition) is 5. The Hall–Kier alpha value is -1.69. The number of nitrogens with one attached hydrogen (secondary N) is 1. The Balaban J connectivity index is 1.77. The number of rotatable bonds is 6. The van der Waals surface area contributed by atoms with Crippen molar-refractivity contribution in [1.82, 2.24) is 14.9 Å². The Morgan fingerprint density at radius 3 is 3.00 bits per heavy atom. The van der Waals surface area contributed by atoms with Gasteiger partial charge in [-0.3, -0.25) is 0 Å². The molecule has 0 bridgehead atoms. The van der Waals surface area contributed by atoms with Crippen LogP contribution in [0.3, 0.4) is 0 Å². The molecule has 1 aliphatic heterocycles. The number of anilines is 1. The lowest BCUT2D eigenvalue weighted by Gasteiger charge is -2.33. The molecule has 6 heteroatoms. The van der Waals surface area contributed by atoms with Crippen molar-refractivity contribution in [2.45, 2.75) is 38.6 Å². The van der Waals surface area contributed by atoms with Crippen molar-refractivity contribution in [3.05, 3.63) is 18.1 Å². The quantitative estimate of drug-likeness (QED) is 0.773. The standard InChI is InChI=1S/C14H22N4O2/c1-11-5-2-3-9-18(11)10-4-6-16-13-12(14(19)20)15-7-8-17-13/h7-8,11H,2-6,9-10H2,1H3,(H,16,17)(H,19,20). The smallest absolute Gasteiger partial charge is 0.358 e. The van der Waals surface area contributed by atoms with Gasteiger partial charge in [-0.05, 0) is 32.7 Å². The van der Waals surface area contributed by atoms with Gasteiger partial charge in [-0.2, -0.15) is 0 Å². The van der Waals surface area contributed by atoms with Gasteiger partial charge in [0.15, 0.2) is 11.5 Å². The zero-order valence-electron chi connectivity index (χ0n) is 11.9. The lowest BCUT2D eigenvalue weighted by molar-refractivity contribution is 0.0691. The maximum Gasteiger partial charge on any atom is 0.358 e. The van der Waals surface area contributed by atoms with Crippen LogP contribution < -0.4 is 5.32 Å². The number of piperidine rings is 1. The van der Waals surface area contributed by atoms with E-state index in [1.165, 1.54) is 38.2 Å². The van der Waals surface area contributed by atoms with Gasteiger partial charge < -0.3 is 15.3 Å². The summed E-state index contributed by atoms with van der Waals surface area (Å²) in [6, 6.07) is 0.662. The molecule has 1 aromatic rings. The fourth-order valence-electron chi connectivity index (χ4n) is 2.60. The fourth-order valence-corrected chi connectivity index (χ4v) is 2.60. The Kier molecular flexibility index (Phi) is 5.29. The average molecular weight is 278 g/mol. The van der Waals surface area contributed by atoms with Crippen LogP contribution in [-0.4, -0.2) is 51.6 Å². The van der Waals surface area contributed by atoms with Crippen molar-refractivity contribution in [3.63, 3.8) is 0 Å². The zero-order chi connectivity index (χ0) is 14.4. The summed E-state index contributed by atoms with van der Waals surface area (Å²) in [7, 11) is 0. The molecule has 6 nitrogen and oxygen atoms in total. The lowest BCUT2D eigenvalue weighted by atomic mass is 10.0. The number of aromatic carboxylic acids is 1. The topological polar surface area (TPSA) is 78.3 Å². The SMILES string of the molecule is CC1CCCCN1CCCNc1nccnc1C(=O)O. The van der Waals surface area contributed by atoms with Gasteiger partial charge in [0.25, 0.3) is 0 Å². The number of carbonyl (C=O) groups is 1. The summed E-state index contributed by atoms with van der Waals surface area (Å²) in [6.07, 6.45) is 7.76. The van der Waals surface area contributed by atoms with Gasteiger partial charge in [0, 0.05) is 31.5 Å². The third-order valence-corrected chi connectivity index (χ3v) is 3.76. The number of nitrogens with zero attached hydrogens (tertiary/aromatic N) is 3. The first-order valence-electron chi connectivity index (χ1n) is 7.20. The number of likely N-dealkylation sites (tertiary alicyclic amines) is 1. The minimum absolute atomic E-state index is 0.0150. The normalized spacial score (nSPS) is 19.8. The van der Waals surface area contributed by atoms with Crippen LogP contribution in [0.25, 0.3) is 0 Å². The van der Waals surface area contributed by atoms with Gasteiger partial charge in [-0.25, -0.2) is 14.8 Å². The first-order valence-corrected chi connectivity index (χ1v) is 7.20. The van der Waals surface area contributed by atoms with Crippen molar-refractivity contribution < 1.29 is 9.90 Å². The Morgan fingerprint density at radius 1 is 1.45 bits per heavy atom. The van der Waals surface area contributed by atoms with Crippen molar-refractivity contribution in [1.29, 1.82) is 0 Å².